The Morgan fingerprint density at radius 2 is 2.32 bits per heavy atom. The van der Waals surface area contributed by atoms with Crippen molar-refractivity contribution >= 4 is 35.4 Å². The maximum absolute atomic E-state index is 11.3. The fourth-order valence-electron chi connectivity index (χ4n) is 1.63. The van der Waals surface area contributed by atoms with Gasteiger partial charge < -0.3 is 14.6 Å². The first-order valence-electron chi connectivity index (χ1n) is 6.39. The zero-order valence-electron chi connectivity index (χ0n) is 11.9. The predicted octanol–water partition coefficient (Wildman–Crippen LogP) is 1.91. The van der Waals surface area contributed by atoms with Gasteiger partial charge in [-0.25, -0.2) is 4.98 Å². The summed E-state index contributed by atoms with van der Waals surface area (Å²) in [6, 6.07) is 4.97. The molecule has 116 valence electrons. The molecule has 2 aromatic rings. The summed E-state index contributed by atoms with van der Waals surface area (Å²) < 4.78 is 5.05. The van der Waals surface area contributed by atoms with Crippen LogP contribution < -0.4 is 9.84 Å². The molecule has 0 fully saturated rings. The Kier molecular flexibility index (Phi) is 5.46. The molecule has 0 bridgehead atoms. The summed E-state index contributed by atoms with van der Waals surface area (Å²) in [4.78, 5) is 15.4. The Morgan fingerprint density at radius 1 is 1.55 bits per heavy atom. The Labute approximate surface area is 136 Å². The van der Waals surface area contributed by atoms with E-state index >= 15 is 0 Å². The minimum Gasteiger partial charge on any atom is -0.544 e. The third-order valence-electron chi connectivity index (χ3n) is 2.72. The van der Waals surface area contributed by atoms with E-state index in [1.807, 2.05) is 6.92 Å². The molecule has 1 aromatic carbocycles. The molecule has 0 atom stereocenters. The summed E-state index contributed by atoms with van der Waals surface area (Å²) in [5.74, 6) is -0.101. The molecule has 1 aromatic heterocycles. The lowest BCUT2D eigenvalue weighted by molar-refractivity contribution is -0.297. The quantitative estimate of drug-likeness (QED) is 0.639. The number of carbonyl (C=O) groups excluding carboxylic acids is 1. The molecule has 0 amide bonds. The first-order valence-corrected chi connectivity index (χ1v) is 7.58. The summed E-state index contributed by atoms with van der Waals surface area (Å²) in [6.07, 6.45) is 2.14. The molecule has 0 aliphatic heterocycles. The number of H-pyrrole nitrogens is 1. The number of benzene rings is 1. The van der Waals surface area contributed by atoms with Gasteiger partial charge in [-0.05, 0) is 35.5 Å². The van der Waals surface area contributed by atoms with Crippen LogP contribution in [0.2, 0.25) is 5.02 Å². The maximum Gasteiger partial charge on any atom is 0.213 e. The molecular weight excluding hydrogens is 326 g/mol. The molecule has 0 aliphatic carbocycles. The number of methoxy groups -OCH3 is 1. The average molecular weight is 339 g/mol. The molecule has 0 saturated heterocycles. The van der Waals surface area contributed by atoms with Gasteiger partial charge in [0.2, 0.25) is 5.16 Å². The van der Waals surface area contributed by atoms with Gasteiger partial charge in [0, 0.05) is 11.3 Å². The monoisotopic (exact) mass is 338 g/mol. The number of rotatable bonds is 6. The fourth-order valence-corrected chi connectivity index (χ4v) is 2.62. The van der Waals surface area contributed by atoms with Gasteiger partial charge in [0.05, 0.1) is 18.1 Å². The second-order valence-electron chi connectivity index (χ2n) is 4.21. The van der Waals surface area contributed by atoms with Gasteiger partial charge >= 0.3 is 0 Å². The Morgan fingerprint density at radius 3 is 2.86 bits per heavy atom. The van der Waals surface area contributed by atoms with E-state index in [0.717, 1.165) is 11.8 Å². The van der Waals surface area contributed by atoms with E-state index < -0.39 is 5.97 Å². The van der Waals surface area contributed by atoms with Gasteiger partial charge in [-0.1, -0.05) is 24.6 Å². The number of hydrogen-bond donors (Lipinski definition) is 1. The third-order valence-corrected chi connectivity index (χ3v) is 3.89. The van der Waals surface area contributed by atoms with Crippen molar-refractivity contribution in [3.63, 3.8) is 0 Å². The standard InChI is InChI=1S/C14H14ClN3O3S/c1-3-12-16-14(18-17-12)22-11(13(19)20)7-8-4-5-10(21-2)9(15)6-8/h4-7H,3H2,1-2H3,(H,19,20)(H,16,17,18)/p-1/b11-7+. The average Bonchev–Trinajstić information content (AvgIpc) is 2.94. The number of thioether (sulfide) groups is 1. The number of aromatic nitrogens is 3. The lowest BCUT2D eigenvalue weighted by Gasteiger charge is -2.07. The smallest absolute Gasteiger partial charge is 0.213 e. The Bertz CT molecular complexity index is 715. The lowest BCUT2D eigenvalue weighted by Crippen LogP contribution is -2.23. The summed E-state index contributed by atoms with van der Waals surface area (Å²) in [6.45, 7) is 1.92. The number of aryl methyl sites for hydroxylation is 1. The maximum atomic E-state index is 11.3. The molecule has 6 nitrogen and oxygen atoms in total. The number of nitrogens with zero attached hydrogens (tertiary/aromatic N) is 2. The minimum atomic E-state index is -1.31. The van der Waals surface area contributed by atoms with Crippen LogP contribution >= 0.6 is 23.4 Å². The first-order chi connectivity index (χ1) is 10.5. The van der Waals surface area contributed by atoms with E-state index in [2.05, 4.69) is 15.2 Å². The summed E-state index contributed by atoms with van der Waals surface area (Å²) >= 11 is 6.94. The molecule has 2 rings (SSSR count). The molecule has 1 N–H and O–H groups in total. The number of carbonyl (C=O) groups is 1. The molecule has 0 aliphatic rings. The molecular formula is C14H13ClN3O3S-. The van der Waals surface area contributed by atoms with E-state index in [0.29, 0.717) is 33.7 Å². The van der Waals surface area contributed by atoms with Gasteiger partial charge in [0.25, 0.3) is 0 Å². The lowest BCUT2D eigenvalue weighted by atomic mass is 10.2. The SMILES string of the molecule is CCc1nc(S/C(=C/c2ccc(OC)c(Cl)c2)C(=O)[O-])n[nH]1. The van der Waals surface area contributed by atoms with Crippen molar-refractivity contribution in [2.24, 2.45) is 0 Å². The summed E-state index contributed by atoms with van der Waals surface area (Å²) in [5.41, 5.74) is 0.615. The van der Waals surface area contributed by atoms with Gasteiger partial charge in [0.1, 0.15) is 11.6 Å². The molecule has 1 heterocycles. The zero-order valence-corrected chi connectivity index (χ0v) is 13.5. The largest absolute Gasteiger partial charge is 0.544 e. The molecule has 0 unspecified atom stereocenters. The van der Waals surface area contributed by atoms with Gasteiger partial charge in [-0.2, -0.15) is 0 Å². The number of ether oxygens (including phenoxy) is 1. The summed E-state index contributed by atoms with van der Waals surface area (Å²) in [5, 5.41) is 18.7. The first kappa shape index (κ1) is 16.4. The van der Waals surface area contributed by atoms with E-state index in [4.69, 9.17) is 16.3 Å². The van der Waals surface area contributed by atoms with Crippen LogP contribution in [0.5, 0.6) is 5.75 Å². The van der Waals surface area contributed by atoms with E-state index in [9.17, 15) is 9.90 Å². The highest BCUT2D eigenvalue weighted by molar-refractivity contribution is 8.04. The van der Waals surface area contributed by atoms with Crippen LogP contribution in [0.3, 0.4) is 0 Å². The number of halogens is 1. The van der Waals surface area contributed by atoms with E-state index in [1.165, 1.54) is 13.2 Å². The van der Waals surface area contributed by atoms with Crippen molar-refractivity contribution in [3.05, 3.63) is 39.5 Å². The van der Waals surface area contributed by atoms with Crippen molar-refractivity contribution in [2.45, 2.75) is 18.5 Å². The van der Waals surface area contributed by atoms with Crippen LogP contribution in [0.1, 0.15) is 18.3 Å². The van der Waals surface area contributed by atoms with Crippen LogP contribution in [0.15, 0.2) is 28.3 Å². The Balaban J connectivity index is 2.26. The minimum absolute atomic E-state index is 0.0112. The van der Waals surface area contributed by atoms with Crippen LogP contribution in [0.4, 0.5) is 0 Å². The van der Waals surface area contributed by atoms with Crippen LogP contribution in [-0.2, 0) is 11.2 Å². The molecule has 8 heteroatoms. The number of hydrogen-bond acceptors (Lipinski definition) is 6. The molecule has 0 saturated carbocycles. The van der Waals surface area contributed by atoms with Crippen molar-refractivity contribution in [1.29, 1.82) is 0 Å². The number of carboxylic acid groups (broad SMARTS) is 1. The highest BCUT2D eigenvalue weighted by atomic mass is 35.5. The normalized spacial score (nSPS) is 11.5. The summed E-state index contributed by atoms with van der Waals surface area (Å²) in [7, 11) is 1.51. The van der Waals surface area contributed by atoms with E-state index in [-0.39, 0.29) is 4.91 Å². The molecule has 22 heavy (non-hydrogen) atoms. The topological polar surface area (TPSA) is 90.9 Å². The second-order valence-corrected chi connectivity index (χ2v) is 5.63. The van der Waals surface area contributed by atoms with Gasteiger partial charge in [0.15, 0.2) is 0 Å². The highest BCUT2D eigenvalue weighted by Crippen LogP contribution is 2.29. The van der Waals surface area contributed by atoms with Crippen LogP contribution in [0.25, 0.3) is 6.08 Å². The second kappa shape index (κ2) is 7.33. The van der Waals surface area contributed by atoms with E-state index in [1.54, 1.807) is 18.2 Å². The zero-order chi connectivity index (χ0) is 16.1. The van der Waals surface area contributed by atoms with Gasteiger partial charge in [-0.3, -0.25) is 5.10 Å². The van der Waals surface area contributed by atoms with Gasteiger partial charge in [-0.15, -0.1) is 5.10 Å². The highest BCUT2D eigenvalue weighted by Gasteiger charge is 2.09. The number of carboxylic acids is 1. The van der Waals surface area contributed by atoms with Crippen LogP contribution in [0, 0.1) is 0 Å². The third kappa shape index (κ3) is 4.02. The molecule has 0 spiro atoms. The van der Waals surface area contributed by atoms with Crippen molar-refractivity contribution in [1.82, 2.24) is 15.2 Å². The fraction of sp³-hybridized carbons (Fsp3) is 0.214. The molecule has 0 radical (unpaired) electrons. The number of aliphatic carboxylic acids is 1. The number of nitrogens with one attached hydrogen (secondary N) is 1. The van der Waals surface area contributed by atoms with Crippen molar-refractivity contribution in [2.75, 3.05) is 7.11 Å². The van der Waals surface area contributed by atoms with Crippen molar-refractivity contribution in [3.8, 4) is 5.75 Å². The Hall–Kier alpha value is -1.99. The predicted molar refractivity (Wildman–Crippen MR) is 82.6 cm³/mol. The van der Waals surface area contributed by atoms with Crippen LogP contribution in [-0.4, -0.2) is 28.3 Å². The van der Waals surface area contributed by atoms with Crippen molar-refractivity contribution < 1.29 is 14.6 Å². The number of aromatic amines is 1.